The Morgan fingerprint density at radius 3 is 2.67 bits per heavy atom. The molecule has 0 aliphatic rings. The monoisotopic (exact) mass is 313 g/mol. The first kappa shape index (κ1) is 18.1. The molecular formula is C15H27N3O2S. The van der Waals surface area contributed by atoms with E-state index in [-0.39, 0.29) is 24.0 Å². The summed E-state index contributed by atoms with van der Waals surface area (Å²) in [4.78, 5) is 17.7. The largest absolute Gasteiger partial charge is 0.396 e. The van der Waals surface area contributed by atoms with Crippen LogP contribution in [0.3, 0.4) is 0 Å². The highest BCUT2D eigenvalue weighted by Gasteiger charge is 2.24. The Balaban J connectivity index is 2.68. The Bertz CT molecular complexity index is 454. The summed E-state index contributed by atoms with van der Waals surface area (Å²) < 4.78 is 0. The van der Waals surface area contributed by atoms with Gasteiger partial charge in [-0.2, -0.15) is 0 Å². The zero-order chi connectivity index (χ0) is 16.0. The quantitative estimate of drug-likeness (QED) is 0.811. The topological polar surface area (TPSA) is 65.5 Å². The minimum Gasteiger partial charge on any atom is -0.396 e. The molecule has 1 atom stereocenters. The smallest absolute Gasteiger partial charge is 0.225 e. The SMILES string of the molecule is CCN(C(C)=O)c1nc(CNC(CCO)C(C)(C)C)cs1. The average Bonchev–Trinajstić information content (AvgIpc) is 2.82. The maximum atomic E-state index is 11.5. The first-order valence-electron chi connectivity index (χ1n) is 7.36. The van der Waals surface area contributed by atoms with Crippen LogP contribution in [0.1, 0.15) is 46.7 Å². The molecule has 2 N–H and O–H groups in total. The van der Waals surface area contributed by atoms with Crippen molar-refractivity contribution in [2.24, 2.45) is 5.41 Å². The molecule has 5 nitrogen and oxygen atoms in total. The van der Waals surface area contributed by atoms with E-state index < -0.39 is 0 Å². The van der Waals surface area contributed by atoms with E-state index in [2.05, 4.69) is 31.1 Å². The molecular weight excluding hydrogens is 286 g/mol. The van der Waals surface area contributed by atoms with Gasteiger partial charge in [0.1, 0.15) is 0 Å². The Labute approximate surface area is 131 Å². The van der Waals surface area contributed by atoms with Gasteiger partial charge in [-0.15, -0.1) is 11.3 Å². The Morgan fingerprint density at radius 1 is 1.52 bits per heavy atom. The summed E-state index contributed by atoms with van der Waals surface area (Å²) in [6.07, 6.45) is 0.717. The number of aliphatic hydroxyl groups excluding tert-OH is 1. The number of anilines is 1. The van der Waals surface area contributed by atoms with Crippen molar-refractivity contribution in [2.75, 3.05) is 18.1 Å². The highest BCUT2D eigenvalue weighted by Crippen LogP contribution is 2.24. The van der Waals surface area contributed by atoms with E-state index in [0.717, 1.165) is 17.2 Å². The number of hydrogen-bond donors (Lipinski definition) is 2. The number of aromatic nitrogens is 1. The number of carbonyl (C=O) groups is 1. The molecule has 120 valence electrons. The van der Waals surface area contributed by atoms with E-state index in [1.165, 1.54) is 11.3 Å². The molecule has 1 aromatic heterocycles. The first-order valence-corrected chi connectivity index (χ1v) is 8.24. The third-order valence-electron chi connectivity index (χ3n) is 3.46. The predicted molar refractivity (Wildman–Crippen MR) is 87.6 cm³/mol. The van der Waals surface area contributed by atoms with Crippen LogP contribution >= 0.6 is 11.3 Å². The lowest BCUT2D eigenvalue weighted by Crippen LogP contribution is -2.40. The van der Waals surface area contributed by atoms with Gasteiger partial charge in [0.25, 0.3) is 0 Å². The van der Waals surface area contributed by atoms with Gasteiger partial charge in [-0.25, -0.2) is 4.98 Å². The zero-order valence-corrected chi connectivity index (χ0v) is 14.5. The van der Waals surface area contributed by atoms with Gasteiger partial charge < -0.3 is 10.4 Å². The molecule has 6 heteroatoms. The maximum absolute atomic E-state index is 11.5. The second-order valence-corrected chi connectivity index (χ2v) is 7.03. The van der Waals surface area contributed by atoms with Crippen molar-refractivity contribution in [3.8, 4) is 0 Å². The molecule has 1 amide bonds. The van der Waals surface area contributed by atoms with Gasteiger partial charge in [0.05, 0.1) is 5.69 Å². The molecule has 21 heavy (non-hydrogen) atoms. The van der Waals surface area contributed by atoms with Crippen LogP contribution < -0.4 is 10.2 Å². The number of nitrogens with zero attached hydrogens (tertiary/aromatic N) is 2. The Kier molecular flexibility index (Phi) is 6.77. The number of thiazole rings is 1. The van der Waals surface area contributed by atoms with Gasteiger partial charge in [0, 0.05) is 38.0 Å². The molecule has 1 unspecified atom stereocenters. The van der Waals surface area contributed by atoms with Crippen LogP contribution in [-0.4, -0.2) is 35.2 Å². The number of nitrogens with one attached hydrogen (secondary N) is 1. The molecule has 0 saturated heterocycles. The van der Waals surface area contributed by atoms with Crippen molar-refractivity contribution in [3.63, 3.8) is 0 Å². The molecule has 0 radical (unpaired) electrons. The summed E-state index contributed by atoms with van der Waals surface area (Å²) in [7, 11) is 0. The second kappa shape index (κ2) is 7.87. The van der Waals surface area contributed by atoms with Crippen LogP contribution in [0.2, 0.25) is 0 Å². The summed E-state index contributed by atoms with van der Waals surface area (Å²) in [6, 6.07) is 0.225. The molecule has 0 fully saturated rings. The van der Waals surface area contributed by atoms with Crippen LogP contribution in [0, 0.1) is 5.41 Å². The molecule has 0 saturated carbocycles. The van der Waals surface area contributed by atoms with Crippen molar-refractivity contribution >= 4 is 22.4 Å². The second-order valence-electron chi connectivity index (χ2n) is 6.20. The molecule has 0 spiro atoms. The van der Waals surface area contributed by atoms with Gasteiger partial charge in [-0.05, 0) is 18.8 Å². The van der Waals surface area contributed by atoms with Crippen molar-refractivity contribution in [1.82, 2.24) is 10.3 Å². The molecule has 0 aromatic carbocycles. The lowest BCUT2D eigenvalue weighted by molar-refractivity contribution is -0.116. The highest BCUT2D eigenvalue weighted by atomic mass is 32.1. The fraction of sp³-hybridized carbons (Fsp3) is 0.733. The third-order valence-corrected chi connectivity index (χ3v) is 4.37. The van der Waals surface area contributed by atoms with Crippen molar-refractivity contribution in [1.29, 1.82) is 0 Å². The number of aliphatic hydroxyl groups is 1. The lowest BCUT2D eigenvalue weighted by Gasteiger charge is -2.31. The van der Waals surface area contributed by atoms with E-state index in [1.54, 1.807) is 11.8 Å². The summed E-state index contributed by atoms with van der Waals surface area (Å²) in [5.41, 5.74) is 1.01. The summed E-state index contributed by atoms with van der Waals surface area (Å²) in [5, 5.41) is 15.4. The Morgan fingerprint density at radius 2 is 2.19 bits per heavy atom. The maximum Gasteiger partial charge on any atom is 0.225 e. The van der Waals surface area contributed by atoms with Crippen LogP contribution in [0.5, 0.6) is 0 Å². The number of rotatable bonds is 7. The summed E-state index contributed by atoms with van der Waals surface area (Å²) in [6.45, 7) is 11.4. The fourth-order valence-corrected chi connectivity index (χ4v) is 3.12. The third kappa shape index (κ3) is 5.37. The number of carbonyl (C=O) groups excluding carboxylic acids is 1. The summed E-state index contributed by atoms with van der Waals surface area (Å²) in [5.74, 6) is 0.0132. The fourth-order valence-electron chi connectivity index (χ4n) is 2.19. The van der Waals surface area contributed by atoms with Gasteiger partial charge in [-0.1, -0.05) is 20.8 Å². The lowest BCUT2D eigenvalue weighted by atomic mass is 9.85. The van der Waals surface area contributed by atoms with Gasteiger partial charge in [-0.3, -0.25) is 9.69 Å². The molecule has 0 bridgehead atoms. The normalized spacial score (nSPS) is 13.2. The molecule has 1 heterocycles. The molecule has 1 aromatic rings. The van der Waals surface area contributed by atoms with E-state index in [1.807, 2.05) is 12.3 Å². The zero-order valence-electron chi connectivity index (χ0n) is 13.6. The standard InChI is InChI=1S/C15H27N3O2S/c1-6-18(11(2)20)14-17-12(10-21-14)9-16-13(7-8-19)15(3,4)5/h10,13,16,19H,6-9H2,1-5H3. The minimum absolute atomic E-state index is 0.0132. The number of amides is 1. The molecule has 0 aliphatic heterocycles. The summed E-state index contributed by atoms with van der Waals surface area (Å²) >= 11 is 1.49. The van der Waals surface area contributed by atoms with Crippen LogP contribution in [0.25, 0.3) is 0 Å². The van der Waals surface area contributed by atoms with E-state index in [0.29, 0.717) is 13.1 Å². The van der Waals surface area contributed by atoms with E-state index >= 15 is 0 Å². The van der Waals surface area contributed by atoms with Crippen molar-refractivity contribution < 1.29 is 9.90 Å². The van der Waals surface area contributed by atoms with Crippen LogP contribution in [0.4, 0.5) is 5.13 Å². The predicted octanol–water partition coefficient (Wildman–Crippen LogP) is 2.40. The number of hydrogen-bond acceptors (Lipinski definition) is 5. The highest BCUT2D eigenvalue weighted by molar-refractivity contribution is 7.14. The van der Waals surface area contributed by atoms with Crippen molar-refractivity contribution in [3.05, 3.63) is 11.1 Å². The van der Waals surface area contributed by atoms with E-state index in [9.17, 15) is 4.79 Å². The van der Waals surface area contributed by atoms with Gasteiger partial charge >= 0.3 is 0 Å². The van der Waals surface area contributed by atoms with Crippen LogP contribution in [-0.2, 0) is 11.3 Å². The van der Waals surface area contributed by atoms with Gasteiger partial charge in [0.2, 0.25) is 5.91 Å². The van der Waals surface area contributed by atoms with Crippen molar-refractivity contribution in [2.45, 2.75) is 53.6 Å². The van der Waals surface area contributed by atoms with E-state index in [4.69, 9.17) is 5.11 Å². The first-order chi connectivity index (χ1) is 9.79. The minimum atomic E-state index is 0.0132. The molecule has 0 aliphatic carbocycles. The van der Waals surface area contributed by atoms with Crippen LogP contribution in [0.15, 0.2) is 5.38 Å². The van der Waals surface area contributed by atoms with Gasteiger partial charge in [0.15, 0.2) is 5.13 Å². The average molecular weight is 313 g/mol. The Hall–Kier alpha value is -0.980. The molecule has 1 rings (SSSR count).